The molecule has 0 saturated heterocycles. The third kappa shape index (κ3) is 3.29. The largest absolute Gasteiger partial charge is 0.389 e. The first-order valence-corrected chi connectivity index (χ1v) is 12.7. The number of nitrogens with two attached hydrogens (primary N) is 1. The zero-order valence-electron chi connectivity index (χ0n) is 19.9. The zero-order valence-corrected chi connectivity index (χ0v) is 20.7. The van der Waals surface area contributed by atoms with Crippen LogP contribution >= 0.6 is 11.6 Å². The number of hydrogen-bond donors (Lipinski definition) is 2. The average molecular weight is 496 g/mol. The summed E-state index contributed by atoms with van der Waals surface area (Å²) in [5.74, 6) is 0.425. The standard InChI is InChI=1S/C29H26ClN5O/c1-17-24(30)27-32-14-20-13-23(18-5-3-2-4-6-18)25(33-26(20)35(27)34-17)19-7-9-21(10-8-19)28(31)15-29(36,16-28)22-11-12-22/h2-10,13-14,22,36H,11-12,15-16,31H2,1H3/t28-,29-. The van der Waals surface area contributed by atoms with Crippen molar-refractivity contribution in [2.75, 3.05) is 0 Å². The van der Waals surface area contributed by atoms with Crippen LogP contribution in [0.1, 0.15) is 36.9 Å². The number of nitrogens with zero attached hydrogens (tertiary/aromatic N) is 4. The van der Waals surface area contributed by atoms with Gasteiger partial charge in [0.05, 0.1) is 17.0 Å². The SMILES string of the molecule is Cc1nn2c(ncc3cc(-c4ccccc4)c(-c4ccc([C@]5(N)C[C@@](O)(C6CC6)C5)cc4)nc32)c1Cl. The van der Waals surface area contributed by atoms with Gasteiger partial charge in [-0.3, -0.25) is 0 Å². The van der Waals surface area contributed by atoms with Gasteiger partial charge in [-0.15, -0.1) is 0 Å². The van der Waals surface area contributed by atoms with Crippen molar-refractivity contribution in [2.24, 2.45) is 11.7 Å². The number of aliphatic hydroxyl groups is 1. The summed E-state index contributed by atoms with van der Waals surface area (Å²) in [6, 6.07) is 20.7. The lowest BCUT2D eigenvalue weighted by molar-refractivity contribution is -0.106. The van der Waals surface area contributed by atoms with Gasteiger partial charge < -0.3 is 10.8 Å². The smallest absolute Gasteiger partial charge is 0.176 e. The van der Waals surface area contributed by atoms with E-state index in [1.807, 2.05) is 25.1 Å². The predicted molar refractivity (Wildman–Crippen MR) is 142 cm³/mol. The molecule has 0 amide bonds. The molecule has 0 aliphatic heterocycles. The summed E-state index contributed by atoms with van der Waals surface area (Å²) in [4.78, 5) is 9.66. The summed E-state index contributed by atoms with van der Waals surface area (Å²) >= 11 is 6.45. The molecule has 5 aromatic rings. The van der Waals surface area contributed by atoms with Crippen LogP contribution in [0.25, 0.3) is 39.1 Å². The second-order valence-corrected chi connectivity index (χ2v) is 10.9. The van der Waals surface area contributed by atoms with Crippen molar-refractivity contribution in [3.8, 4) is 22.4 Å². The normalized spacial score (nSPS) is 23.8. The van der Waals surface area contributed by atoms with Crippen molar-refractivity contribution in [1.29, 1.82) is 0 Å². The second kappa shape index (κ2) is 7.59. The molecular weight excluding hydrogens is 470 g/mol. The first-order chi connectivity index (χ1) is 17.3. The molecule has 3 N–H and O–H groups in total. The van der Waals surface area contributed by atoms with E-state index in [1.165, 1.54) is 0 Å². The lowest BCUT2D eigenvalue weighted by Gasteiger charge is -2.52. The summed E-state index contributed by atoms with van der Waals surface area (Å²) in [6.45, 7) is 1.87. The van der Waals surface area contributed by atoms with E-state index in [0.717, 1.165) is 51.9 Å². The van der Waals surface area contributed by atoms with Crippen LogP contribution in [0.3, 0.4) is 0 Å². The Labute approximate surface area is 213 Å². The first-order valence-electron chi connectivity index (χ1n) is 12.4. The number of halogens is 1. The van der Waals surface area contributed by atoms with E-state index in [2.05, 4.69) is 52.5 Å². The maximum absolute atomic E-state index is 10.8. The maximum Gasteiger partial charge on any atom is 0.176 e. The monoisotopic (exact) mass is 495 g/mol. The third-order valence-corrected chi connectivity index (χ3v) is 8.36. The molecule has 2 aliphatic carbocycles. The molecule has 2 aromatic carbocycles. The van der Waals surface area contributed by atoms with Crippen LogP contribution in [-0.2, 0) is 5.54 Å². The topological polar surface area (TPSA) is 89.3 Å². The molecule has 180 valence electrons. The summed E-state index contributed by atoms with van der Waals surface area (Å²) in [5, 5.41) is 16.9. The summed E-state index contributed by atoms with van der Waals surface area (Å²) in [5.41, 5.74) is 12.7. The maximum atomic E-state index is 10.8. The quantitative estimate of drug-likeness (QED) is 0.335. The lowest BCUT2D eigenvalue weighted by atomic mass is 9.60. The Balaban J connectivity index is 1.36. The molecule has 7 rings (SSSR count). The summed E-state index contributed by atoms with van der Waals surface area (Å²) in [6.07, 6.45) is 5.28. The van der Waals surface area contributed by atoms with Crippen molar-refractivity contribution in [3.63, 3.8) is 0 Å². The molecule has 0 bridgehead atoms. The van der Waals surface area contributed by atoms with Gasteiger partial charge in [-0.1, -0.05) is 66.2 Å². The average Bonchev–Trinajstić information content (AvgIpc) is 3.70. The van der Waals surface area contributed by atoms with Gasteiger partial charge >= 0.3 is 0 Å². The fourth-order valence-corrected chi connectivity index (χ4v) is 6.01. The van der Waals surface area contributed by atoms with Gasteiger partial charge in [-0.25, -0.2) is 9.97 Å². The van der Waals surface area contributed by atoms with Crippen molar-refractivity contribution in [1.82, 2.24) is 19.6 Å². The van der Waals surface area contributed by atoms with Gasteiger partial charge in [0.15, 0.2) is 11.3 Å². The highest BCUT2D eigenvalue weighted by Gasteiger charge is 2.58. The molecule has 0 atom stereocenters. The molecule has 0 spiro atoms. The number of fused-ring (bicyclic) bond motifs is 3. The van der Waals surface area contributed by atoms with E-state index >= 15 is 0 Å². The van der Waals surface area contributed by atoms with Crippen LogP contribution in [0.5, 0.6) is 0 Å². The molecule has 3 heterocycles. The van der Waals surface area contributed by atoms with Crippen LogP contribution in [-0.4, -0.2) is 30.3 Å². The number of rotatable bonds is 4. The van der Waals surface area contributed by atoms with Crippen molar-refractivity contribution in [2.45, 2.75) is 43.7 Å². The Hall–Kier alpha value is -3.32. The molecule has 6 nitrogen and oxygen atoms in total. The molecule has 2 saturated carbocycles. The highest BCUT2D eigenvalue weighted by Crippen LogP contribution is 2.57. The van der Waals surface area contributed by atoms with E-state index in [4.69, 9.17) is 22.3 Å². The summed E-state index contributed by atoms with van der Waals surface area (Å²) < 4.78 is 1.72. The Bertz CT molecular complexity index is 1630. The van der Waals surface area contributed by atoms with Crippen molar-refractivity contribution < 1.29 is 5.11 Å². The molecule has 0 radical (unpaired) electrons. The second-order valence-electron chi connectivity index (χ2n) is 10.5. The zero-order chi connectivity index (χ0) is 24.7. The summed E-state index contributed by atoms with van der Waals surface area (Å²) in [7, 11) is 0. The van der Waals surface area contributed by atoms with E-state index < -0.39 is 11.1 Å². The minimum absolute atomic E-state index is 0.425. The van der Waals surface area contributed by atoms with Gasteiger partial charge in [-0.05, 0) is 55.7 Å². The van der Waals surface area contributed by atoms with Crippen LogP contribution in [0.2, 0.25) is 5.02 Å². The van der Waals surface area contributed by atoms with Gasteiger partial charge in [0.2, 0.25) is 0 Å². The number of benzene rings is 2. The van der Waals surface area contributed by atoms with Crippen LogP contribution < -0.4 is 5.73 Å². The Kier molecular flexibility index (Phi) is 4.62. The van der Waals surface area contributed by atoms with Crippen molar-refractivity contribution >= 4 is 28.3 Å². The number of hydrogen-bond acceptors (Lipinski definition) is 5. The Morgan fingerprint density at radius 2 is 1.72 bits per heavy atom. The highest BCUT2D eigenvalue weighted by atomic mass is 35.5. The van der Waals surface area contributed by atoms with Crippen LogP contribution in [0.15, 0.2) is 66.9 Å². The Morgan fingerprint density at radius 1 is 1.00 bits per heavy atom. The van der Waals surface area contributed by atoms with Crippen molar-refractivity contribution in [3.05, 3.63) is 83.1 Å². The van der Waals surface area contributed by atoms with Crippen LogP contribution in [0.4, 0.5) is 0 Å². The molecule has 36 heavy (non-hydrogen) atoms. The predicted octanol–water partition coefficient (Wildman–Crippen LogP) is 5.66. The minimum Gasteiger partial charge on any atom is -0.389 e. The lowest BCUT2D eigenvalue weighted by Crippen LogP contribution is -2.60. The van der Waals surface area contributed by atoms with E-state index in [0.29, 0.717) is 35.1 Å². The molecule has 2 fully saturated rings. The van der Waals surface area contributed by atoms with Gasteiger partial charge in [-0.2, -0.15) is 9.61 Å². The third-order valence-electron chi connectivity index (χ3n) is 7.92. The van der Waals surface area contributed by atoms with Gasteiger partial charge in [0, 0.05) is 28.2 Å². The number of aryl methyl sites for hydroxylation is 1. The minimum atomic E-state index is -0.587. The van der Waals surface area contributed by atoms with Crippen LogP contribution in [0, 0.1) is 12.8 Å². The van der Waals surface area contributed by atoms with E-state index in [-0.39, 0.29) is 0 Å². The van der Waals surface area contributed by atoms with E-state index in [1.54, 1.807) is 10.7 Å². The molecule has 3 aromatic heterocycles. The molecule has 2 aliphatic rings. The molecule has 0 unspecified atom stereocenters. The molecular formula is C29H26ClN5O. The fraction of sp³-hybridized carbons (Fsp3) is 0.276. The number of pyridine rings is 1. The highest BCUT2D eigenvalue weighted by molar-refractivity contribution is 6.34. The van der Waals surface area contributed by atoms with Gasteiger partial charge in [0.25, 0.3) is 0 Å². The van der Waals surface area contributed by atoms with Gasteiger partial charge in [0.1, 0.15) is 5.02 Å². The number of aromatic nitrogens is 4. The van der Waals surface area contributed by atoms with E-state index in [9.17, 15) is 5.11 Å². The molecule has 7 heteroatoms. The fourth-order valence-electron chi connectivity index (χ4n) is 5.84. The Morgan fingerprint density at radius 3 is 2.42 bits per heavy atom. The first kappa shape index (κ1) is 21.9.